The van der Waals surface area contributed by atoms with Gasteiger partial charge in [0.1, 0.15) is 5.75 Å². The first kappa shape index (κ1) is 20.0. The third-order valence-electron chi connectivity index (χ3n) is 5.73. The van der Waals surface area contributed by atoms with E-state index in [4.69, 9.17) is 9.47 Å². The van der Waals surface area contributed by atoms with Gasteiger partial charge in [-0.1, -0.05) is 6.07 Å². The molecule has 0 bridgehead atoms. The van der Waals surface area contributed by atoms with E-state index in [1.807, 2.05) is 26.8 Å². The van der Waals surface area contributed by atoms with Crippen molar-refractivity contribution in [2.24, 2.45) is 5.92 Å². The highest BCUT2D eigenvalue weighted by Crippen LogP contribution is 2.51. The van der Waals surface area contributed by atoms with Crippen molar-refractivity contribution in [2.45, 2.75) is 39.5 Å². The number of hydrogen-bond donors (Lipinski definition) is 1. The molecule has 0 spiro atoms. The van der Waals surface area contributed by atoms with E-state index in [1.54, 1.807) is 25.4 Å². The Morgan fingerprint density at radius 3 is 2.73 bits per heavy atom. The van der Waals surface area contributed by atoms with E-state index in [0.717, 1.165) is 46.5 Å². The molecule has 2 heterocycles. The number of ether oxygens (including phenoxy) is 2. The quantitative estimate of drug-likeness (QED) is 0.766. The number of ketones is 1. The molecule has 1 fully saturated rings. The first-order chi connectivity index (χ1) is 14.5. The molecule has 0 amide bonds. The molecule has 2 aromatic rings. The highest BCUT2D eigenvalue weighted by molar-refractivity contribution is 6.03. The standard InChI is InChI=1S/C24H25N3O3/c1-5-30-24-21-20(17-9-6-15(11-25)10-18(17)29-4)19(23(28)16-7-8-16)14(3)27-22(21)13(2)12-26-24/h6,9-10,12,16,20,27H,5,7-8H2,1-4H3. The van der Waals surface area contributed by atoms with Crippen molar-refractivity contribution in [3.05, 3.63) is 57.9 Å². The molecule has 1 aliphatic carbocycles. The number of nitrogens with zero attached hydrogens (tertiary/aromatic N) is 2. The first-order valence-corrected chi connectivity index (χ1v) is 10.2. The molecule has 2 aliphatic rings. The lowest BCUT2D eigenvalue weighted by atomic mass is 9.77. The molecular formula is C24H25N3O3. The summed E-state index contributed by atoms with van der Waals surface area (Å²) in [6.07, 6.45) is 3.62. The highest BCUT2D eigenvalue weighted by atomic mass is 16.5. The van der Waals surface area contributed by atoms with Crippen LogP contribution in [0.5, 0.6) is 11.6 Å². The van der Waals surface area contributed by atoms with Crippen molar-refractivity contribution >= 4 is 11.5 Å². The second-order valence-corrected chi connectivity index (χ2v) is 7.77. The van der Waals surface area contributed by atoms with E-state index in [2.05, 4.69) is 16.4 Å². The summed E-state index contributed by atoms with van der Waals surface area (Å²) in [5.74, 6) is 0.927. The van der Waals surface area contributed by atoms with Crippen LogP contribution < -0.4 is 14.8 Å². The number of nitriles is 1. The van der Waals surface area contributed by atoms with Crippen molar-refractivity contribution in [2.75, 3.05) is 19.0 Å². The Labute approximate surface area is 176 Å². The number of Topliss-reactive ketones (excluding diaryl/α,β-unsaturated/α-hetero) is 1. The molecule has 0 radical (unpaired) electrons. The molecule has 6 nitrogen and oxygen atoms in total. The van der Waals surface area contributed by atoms with Gasteiger partial charge in [-0.3, -0.25) is 4.79 Å². The molecule has 1 unspecified atom stereocenters. The summed E-state index contributed by atoms with van der Waals surface area (Å²) in [6.45, 7) is 6.32. The Kier molecular flexibility index (Phi) is 5.21. The fourth-order valence-electron chi connectivity index (χ4n) is 4.13. The van der Waals surface area contributed by atoms with Gasteiger partial charge in [0, 0.05) is 28.9 Å². The number of fused-ring (bicyclic) bond motifs is 1. The molecule has 1 atom stereocenters. The maximum atomic E-state index is 13.4. The number of pyridine rings is 1. The predicted octanol–water partition coefficient (Wildman–Crippen LogP) is 4.48. The Morgan fingerprint density at radius 2 is 2.10 bits per heavy atom. The molecule has 4 rings (SSSR count). The molecule has 1 aromatic carbocycles. The zero-order valence-corrected chi connectivity index (χ0v) is 17.7. The van der Waals surface area contributed by atoms with Crippen molar-refractivity contribution in [1.29, 1.82) is 5.26 Å². The zero-order valence-electron chi connectivity index (χ0n) is 17.7. The second kappa shape index (κ2) is 7.83. The van der Waals surface area contributed by atoms with Crippen molar-refractivity contribution < 1.29 is 14.3 Å². The van der Waals surface area contributed by atoms with E-state index < -0.39 is 0 Å². The van der Waals surface area contributed by atoms with Crippen LogP contribution in [0, 0.1) is 24.2 Å². The van der Waals surface area contributed by atoms with Crippen LogP contribution in [0.3, 0.4) is 0 Å². The van der Waals surface area contributed by atoms with Crippen molar-refractivity contribution in [3.8, 4) is 17.7 Å². The average Bonchev–Trinajstić information content (AvgIpc) is 3.60. The number of nitrogens with one attached hydrogen (secondary N) is 1. The van der Waals surface area contributed by atoms with Gasteiger partial charge in [-0.25, -0.2) is 4.98 Å². The summed E-state index contributed by atoms with van der Waals surface area (Å²) in [6, 6.07) is 7.51. The number of hydrogen-bond acceptors (Lipinski definition) is 6. The number of carbonyl (C=O) groups excluding carboxylic acids is 1. The van der Waals surface area contributed by atoms with E-state index >= 15 is 0 Å². The van der Waals surface area contributed by atoms with E-state index in [0.29, 0.717) is 23.8 Å². The minimum absolute atomic E-state index is 0.0680. The summed E-state index contributed by atoms with van der Waals surface area (Å²) in [5, 5.41) is 12.8. The van der Waals surface area contributed by atoms with Gasteiger partial charge in [0.2, 0.25) is 5.88 Å². The third-order valence-corrected chi connectivity index (χ3v) is 5.73. The Balaban J connectivity index is 2.01. The van der Waals surface area contributed by atoms with Gasteiger partial charge in [-0.15, -0.1) is 0 Å². The highest BCUT2D eigenvalue weighted by Gasteiger charge is 2.42. The van der Waals surface area contributed by atoms with Crippen LogP contribution in [0.1, 0.15) is 54.9 Å². The molecule has 1 aliphatic heterocycles. The van der Waals surface area contributed by atoms with E-state index in [1.165, 1.54) is 0 Å². The number of rotatable bonds is 6. The predicted molar refractivity (Wildman–Crippen MR) is 114 cm³/mol. The lowest BCUT2D eigenvalue weighted by Crippen LogP contribution is -2.26. The maximum Gasteiger partial charge on any atom is 0.219 e. The van der Waals surface area contributed by atoms with Crippen LogP contribution in [0.2, 0.25) is 0 Å². The maximum absolute atomic E-state index is 13.4. The van der Waals surface area contributed by atoms with Gasteiger partial charge in [-0.2, -0.15) is 5.26 Å². The molecule has 1 aromatic heterocycles. The van der Waals surface area contributed by atoms with Crippen molar-refractivity contribution in [1.82, 2.24) is 4.98 Å². The molecule has 1 N–H and O–H groups in total. The normalized spacial score (nSPS) is 17.6. The van der Waals surface area contributed by atoms with E-state index in [-0.39, 0.29) is 17.6 Å². The summed E-state index contributed by atoms with van der Waals surface area (Å²) in [7, 11) is 1.58. The molecule has 154 valence electrons. The lowest BCUT2D eigenvalue weighted by Gasteiger charge is -2.33. The monoisotopic (exact) mass is 403 g/mol. The largest absolute Gasteiger partial charge is 0.496 e. The number of benzene rings is 1. The average molecular weight is 403 g/mol. The van der Waals surface area contributed by atoms with Crippen LogP contribution in [0.4, 0.5) is 5.69 Å². The fourth-order valence-corrected chi connectivity index (χ4v) is 4.13. The van der Waals surface area contributed by atoms with Crippen LogP contribution in [-0.4, -0.2) is 24.5 Å². The minimum atomic E-state index is -0.383. The summed E-state index contributed by atoms with van der Waals surface area (Å²) < 4.78 is 11.5. The molecule has 1 saturated carbocycles. The van der Waals surface area contributed by atoms with Gasteiger partial charge in [0.25, 0.3) is 0 Å². The van der Waals surface area contributed by atoms with Gasteiger partial charge in [0.15, 0.2) is 5.78 Å². The van der Waals surface area contributed by atoms with Gasteiger partial charge in [-0.05, 0) is 51.3 Å². The summed E-state index contributed by atoms with van der Waals surface area (Å²) in [5.41, 5.74) is 5.63. The summed E-state index contributed by atoms with van der Waals surface area (Å²) >= 11 is 0. The zero-order chi connectivity index (χ0) is 21.4. The second-order valence-electron chi connectivity index (χ2n) is 7.77. The Morgan fingerprint density at radius 1 is 1.33 bits per heavy atom. The van der Waals surface area contributed by atoms with Crippen LogP contribution >= 0.6 is 0 Å². The SMILES string of the molecule is CCOc1ncc(C)c2c1C(c1ccc(C#N)cc1OC)C(C(=O)C1CC1)=C(C)N2. The molecule has 6 heteroatoms. The van der Waals surface area contributed by atoms with Gasteiger partial charge in [0.05, 0.1) is 42.5 Å². The van der Waals surface area contributed by atoms with Gasteiger partial charge >= 0.3 is 0 Å². The number of allylic oxidation sites excluding steroid dienone is 2. The first-order valence-electron chi connectivity index (χ1n) is 10.2. The fraction of sp³-hybridized carbons (Fsp3) is 0.375. The van der Waals surface area contributed by atoms with E-state index in [9.17, 15) is 10.1 Å². The summed E-state index contributed by atoms with van der Waals surface area (Å²) in [4.78, 5) is 17.9. The number of carbonyl (C=O) groups is 1. The lowest BCUT2D eigenvalue weighted by molar-refractivity contribution is -0.116. The van der Waals surface area contributed by atoms with Crippen LogP contribution in [0.15, 0.2) is 35.7 Å². The third kappa shape index (κ3) is 3.30. The Bertz CT molecular complexity index is 1090. The number of anilines is 1. The van der Waals surface area contributed by atoms with Crippen LogP contribution in [-0.2, 0) is 4.79 Å². The topological polar surface area (TPSA) is 84.2 Å². The smallest absolute Gasteiger partial charge is 0.219 e. The van der Waals surface area contributed by atoms with Crippen molar-refractivity contribution in [3.63, 3.8) is 0 Å². The number of aromatic nitrogens is 1. The minimum Gasteiger partial charge on any atom is -0.496 e. The Hall–Kier alpha value is -3.33. The van der Waals surface area contributed by atoms with Crippen LogP contribution in [0.25, 0.3) is 0 Å². The molecular weight excluding hydrogens is 378 g/mol. The molecule has 30 heavy (non-hydrogen) atoms. The van der Waals surface area contributed by atoms with Gasteiger partial charge < -0.3 is 14.8 Å². The number of aryl methyl sites for hydroxylation is 1. The molecule has 0 saturated heterocycles. The number of methoxy groups -OCH3 is 1.